The van der Waals surface area contributed by atoms with Gasteiger partial charge in [0.05, 0.1) is 17.3 Å². The molecule has 1 aromatic carbocycles. The largest absolute Gasteiger partial charge is 0.493 e. The SMILES string of the molecule is COc1ccccc1OCC(O)CN(C)C(C)(I)CNC(=O)CCCO[N+](=O)[O-]. The summed E-state index contributed by atoms with van der Waals surface area (Å²) >= 11 is 2.20. The number of hydrogen-bond acceptors (Lipinski definition) is 8. The third-order valence-electron chi connectivity index (χ3n) is 4.13. The quantitative estimate of drug-likeness (QED) is 0.0939. The summed E-state index contributed by atoms with van der Waals surface area (Å²) in [5.74, 6) is 0.939. The van der Waals surface area contributed by atoms with E-state index in [9.17, 15) is 20.0 Å². The number of hydrogen-bond donors (Lipinski definition) is 2. The van der Waals surface area contributed by atoms with E-state index in [-0.39, 0.29) is 32.0 Å². The Labute approximate surface area is 183 Å². The number of carbonyl (C=O) groups excluding carboxylic acids is 1. The van der Waals surface area contributed by atoms with E-state index in [1.54, 1.807) is 19.2 Å². The van der Waals surface area contributed by atoms with Crippen molar-refractivity contribution in [2.45, 2.75) is 29.4 Å². The Hall–Kier alpha value is -1.86. The summed E-state index contributed by atoms with van der Waals surface area (Å²) in [6.07, 6.45) is -0.340. The zero-order valence-corrected chi connectivity index (χ0v) is 19.0. The van der Waals surface area contributed by atoms with Crippen molar-refractivity contribution in [1.29, 1.82) is 0 Å². The van der Waals surface area contributed by atoms with Crippen LogP contribution in [-0.2, 0) is 9.63 Å². The minimum absolute atomic E-state index is 0.0975. The highest BCUT2D eigenvalue weighted by Crippen LogP contribution is 2.26. The van der Waals surface area contributed by atoms with Crippen molar-refractivity contribution in [3.8, 4) is 11.5 Å². The van der Waals surface area contributed by atoms with Gasteiger partial charge in [0.15, 0.2) is 11.5 Å². The molecule has 1 amide bonds. The van der Waals surface area contributed by atoms with Crippen LogP contribution in [0.1, 0.15) is 19.8 Å². The van der Waals surface area contributed by atoms with Gasteiger partial charge in [-0.2, -0.15) is 0 Å². The van der Waals surface area contributed by atoms with E-state index in [4.69, 9.17) is 9.47 Å². The molecule has 1 aromatic rings. The van der Waals surface area contributed by atoms with Crippen molar-refractivity contribution in [2.75, 3.05) is 40.5 Å². The molecule has 1 rings (SSSR count). The minimum Gasteiger partial charge on any atom is -0.493 e. The molecule has 0 heterocycles. The van der Waals surface area contributed by atoms with E-state index in [0.29, 0.717) is 24.6 Å². The molecular formula is C18H28IN3O7. The Morgan fingerprint density at radius 3 is 2.69 bits per heavy atom. The van der Waals surface area contributed by atoms with Crippen LogP contribution in [0.15, 0.2) is 24.3 Å². The van der Waals surface area contributed by atoms with Gasteiger partial charge >= 0.3 is 0 Å². The number of halogens is 1. The first kappa shape index (κ1) is 25.2. The maximum atomic E-state index is 11.9. The third kappa shape index (κ3) is 9.94. The fraction of sp³-hybridized carbons (Fsp3) is 0.611. The van der Waals surface area contributed by atoms with Crippen molar-refractivity contribution >= 4 is 28.5 Å². The molecule has 0 radical (unpaired) electrons. The predicted molar refractivity (Wildman–Crippen MR) is 115 cm³/mol. The van der Waals surface area contributed by atoms with Crippen LogP contribution in [0.4, 0.5) is 0 Å². The average molecular weight is 525 g/mol. The Bertz CT molecular complexity index is 660. The molecule has 2 unspecified atom stereocenters. The lowest BCUT2D eigenvalue weighted by molar-refractivity contribution is -0.757. The molecule has 0 aromatic heterocycles. The molecule has 0 bridgehead atoms. The number of benzene rings is 1. The summed E-state index contributed by atoms with van der Waals surface area (Å²) < 4.78 is 10.4. The lowest BCUT2D eigenvalue weighted by atomic mass is 10.2. The van der Waals surface area contributed by atoms with Gasteiger partial charge in [-0.3, -0.25) is 9.69 Å². The standard InChI is InChI=1S/C18H28IN3O7/c1-18(19,13-20-17(24)9-6-10-29-22(25)26)21(2)11-14(23)12-28-16-8-5-4-7-15(16)27-3/h4-5,7-8,14,23H,6,9-13H2,1-3H3,(H,20,24). The van der Waals surface area contributed by atoms with Crippen LogP contribution in [-0.4, -0.2) is 71.1 Å². The molecule has 29 heavy (non-hydrogen) atoms. The first-order valence-electron chi connectivity index (χ1n) is 9.03. The first-order valence-corrected chi connectivity index (χ1v) is 10.1. The molecule has 0 aliphatic rings. The van der Waals surface area contributed by atoms with Crippen molar-refractivity contribution < 1.29 is 29.3 Å². The number of nitrogens with zero attached hydrogens (tertiary/aromatic N) is 2. The van der Waals surface area contributed by atoms with Crippen LogP contribution in [0, 0.1) is 10.1 Å². The molecule has 0 saturated heterocycles. The number of alkyl halides is 1. The smallest absolute Gasteiger partial charge is 0.294 e. The molecule has 0 spiro atoms. The van der Waals surface area contributed by atoms with Gasteiger partial charge in [-0.05, 0) is 32.5 Å². The number of rotatable bonds is 14. The number of methoxy groups -OCH3 is 1. The van der Waals surface area contributed by atoms with Crippen molar-refractivity contribution in [3.63, 3.8) is 0 Å². The Kier molecular flexibility index (Phi) is 11.0. The number of aliphatic hydroxyl groups is 1. The number of nitrogens with one attached hydrogen (secondary N) is 1. The van der Waals surface area contributed by atoms with Crippen LogP contribution in [0.2, 0.25) is 0 Å². The number of amides is 1. The summed E-state index contributed by atoms with van der Waals surface area (Å²) in [5, 5.41) is 22.3. The maximum absolute atomic E-state index is 11.9. The van der Waals surface area contributed by atoms with Gasteiger partial charge < -0.3 is 24.7 Å². The number of para-hydroxylation sites is 2. The van der Waals surface area contributed by atoms with Crippen LogP contribution in [0.5, 0.6) is 11.5 Å². The molecule has 0 aliphatic heterocycles. The molecule has 164 valence electrons. The Morgan fingerprint density at radius 1 is 1.41 bits per heavy atom. The van der Waals surface area contributed by atoms with E-state index < -0.39 is 14.7 Å². The van der Waals surface area contributed by atoms with Crippen molar-refractivity contribution in [2.24, 2.45) is 0 Å². The zero-order chi connectivity index (χ0) is 21.9. The van der Waals surface area contributed by atoms with Gasteiger partial charge in [-0.15, -0.1) is 10.1 Å². The van der Waals surface area contributed by atoms with Gasteiger partial charge in [0.2, 0.25) is 5.91 Å². The number of aliphatic hydroxyl groups excluding tert-OH is 1. The maximum Gasteiger partial charge on any atom is 0.294 e. The first-order chi connectivity index (χ1) is 13.7. The zero-order valence-electron chi connectivity index (χ0n) is 16.8. The number of ether oxygens (including phenoxy) is 2. The fourth-order valence-corrected chi connectivity index (χ4v) is 2.73. The highest BCUT2D eigenvalue weighted by atomic mass is 127. The Balaban J connectivity index is 2.37. The van der Waals surface area contributed by atoms with E-state index in [2.05, 4.69) is 32.7 Å². The molecule has 0 saturated carbocycles. The molecule has 0 fully saturated rings. The minimum atomic E-state index is -0.877. The lowest BCUT2D eigenvalue weighted by Crippen LogP contribution is -2.50. The second-order valence-electron chi connectivity index (χ2n) is 6.58. The summed E-state index contributed by atoms with van der Waals surface area (Å²) in [5.41, 5.74) is 0. The van der Waals surface area contributed by atoms with Crippen LogP contribution >= 0.6 is 22.6 Å². The van der Waals surface area contributed by atoms with E-state index >= 15 is 0 Å². The topological polar surface area (TPSA) is 123 Å². The second-order valence-corrected chi connectivity index (χ2v) is 8.90. The number of carbonyl (C=O) groups is 1. The van der Waals surface area contributed by atoms with Gasteiger partial charge in [-0.1, -0.05) is 34.7 Å². The Morgan fingerprint density at radius 2 is 2.07 bits per heavy atom. The molecule has 11 heteroatoms. The molecule has 10 nitrogen and oxygen atoms in total. The highest BCUT2D eigenvalue weighted by Gasteiger charge is 2.28. The monoisotopic (exact) mass is 525 g/mol. The third-order valence-corrected chi connectivity index (χ3v) is 5.34. The van der Waals surface area contributed by atoms with Crippen molar-refractivity contribution in [1.82, 2.24) is 10.2 Å². The lowest BCUT2D eigenvalue weighted by Gasteiger charge is -2.35. The second kappa shape index (κ2) is 12.6. The predicted octanol–water partition coefficient (Wildman–Crippen LogP) is 1.62. The summed E-state index contributed by atoms with van der Waals surface area (Å²) in [4.78, 5) is 28.0. The van der Waals surface area contributed by atoms with E-state index in [1.165, 1.54) is 0 Å². The van der Waals surface area contributed by atoms with Crippen LogP contribution < -0.4 is 14.8 Å². The summed E-state index contributed by atoms with van der Waals surface area (Å²) in [6.45, 7) is 2.60. The summed E-state index contributed by atoms with van der Waals surface area (Å²) in [7, 11) is 3.40. The van der Waals surface area contributed by atoms with Gasteiger partial charge in [0, 0.05) is 19.5 Å². The molecule has 2 atom stereocenters. The van der Waals surface area contributed by atoms with Crippen LogP contribution in [0.25, 0.3) is 0 Å². The number of likely N-dealkylation sites (N-methyl/N-ethyl adjacent to an activating group) is 1. The van der Waals surface area contributed by atoms with Crippen LogP contribution in [0.3, 0.4) is 0 Å². The average Bonchev–Trinajstić information content (AvgIpc) is 2.68. The fourth-order valence-electron chi connectivity index (χ4n) is 2.34. The highest BCUT2D eigenvalue weighted by molar-refractivity contribution is 14.1. The van der Waals surface area contributed by atoms with Crippen molar-refractivity contribution in [3.05, 3.63) is 34.4 Å². The molecular weight excluding hydrogens is 497 g/mol. The van der Waals surface area contributed by atoms with E-state index in [0.717, 1.165) is 0 Å². The normalized spacial score (nSPS) is 14.0. The van der Waals surface area contributed by atoms with Gasteiger partial charge in [0.1, 0.15) is 12.7 Å². The van der Waals surface area contributed by atoms with E-state index in [1.807, 2.05) is 31.0 Å². The van der Waals surface area contributed by atoms with Gasteiger partial charge in [0.25, 0.3) is 5.09 Å². The summed E-state index contributed by atoms with van der Waals surface area (Å²) in [6, 6.07) is 7.21. The van der Waals surface area contributed by atoms with Gasteiger partial charge in [-0.25, -0.2) is 0 Å². The molecule has 2 N–H and O–H groups in total. The molecule has 0 aliphatic carbocycles.